The van der Waals surface area contributed by atoms with Crippen molar-refractivity contribution in [3.8, 4) is 11.1 Å². The van der Waals surface area contributed by atoms with Crippen molar-refractivity contribution < 1.29 is 23.9 Å². The highest BCUT2D eigenvalue weighted by Gasteiger charge is 2.20. The van der Waals surface area contributed by atoms with Crippen LogP contribution in [0.25, 0.3) is 11.1 Å². The molecule has 4 rings (SSSR count). The number of amides is 1. The second-order valence-electron chi connectivity index (χ2n) is 7.97. The first-order chi connectivity index (χ1) is 15.9. The molecule has 3 aromatic rings. The van der Waals surface area contributed by atoms with Crippen molar-refractivity contribution in [3.63, 3.8) is 0 Å². The van der Waals surface area contributed by atoms with E-state index in [-0.39, 0.29) is 36.9 Å². The normalized spacial score (nSPS) is 11.3. The van der Waals surface area contributed by atoms with E-state index in [0.717, 1.165) is 17.5 Å². The van der Waals surface area contributed by atoms with Gasteiger partial charge in [-0.15, -0.1) is 0 Å². The number of rotatable bonds is 8. The Labute approximate surface area is 191 Å². The van der Waals surface area contributed by atoms with Gasteiger partial charge >= 0.3 is 5.97 Å². The van der Waals surface area contributed by atoms with Crippen molar-refractivity contribution in [3.05, 3.63) is 89.0 Å². The van der Waals surface area contributed by atoms with E-state index in [9.17, 15) is 19.2 Å². The zero-order chi connectivity index (χ0) is 23.4. The van der Waals surface area contributed by atoms with E-state index in [1.807, 2.05) is 24.3 Å². The molecule has 33 heavy (non-hydrogen) atoms. The maximum absolute atomic E-state index is 12.5. The fourth-order valence-electron chi connectivity index (χ4n) is 3.85. The van der Waals surface area contributed by atoms with Gasteiger partial charge in [-0.25, -0.2) is 0 Å². The number of ether oxygens (including phenoxy) is 1. The van der Waals surface area contributed by atoms with Gasteiger partial charge in [0.2, 0.25) is 5.91 Å². The van der Waals surface area contributed by atoms with E-state index < -0.39 is 5.97 Å². The van der Waals surface area contributed by atoms with E-state index in [2.05, 4.69) is 17.4 Å². The van der Waals surface area contributed by atoms with Crippen LogP contribution in [0.4, 0.5) is 5.69 Å². The number of hydrogen-bond donors (Lipinski definition) is 1. The molecule has 166 valence electrons. The van der Waals surface area contributed by atoms with Crippen LogP contribution in [0.1, 0.15) is 51.6 Å². The van der Waals surface area contributed by atoms with Crippen LogP contribution in [0, 0.1) is 0 Å². The molecule has 1 amide bonds. The Morgan fingerprint density at radius 3 is 2.27 bits per heavy atom. The Kier molecular flexibility index (Phi) is 6.45. The van der Waals surface area contributed by atoms with Crippen LogP contribution in [0.2, 0.25) is 0 Å². The van der Waals surface area contributed by atoms with Gasteiger partial charge in [0.05, 0.1) is 6.42 Å². The molecule has 3 aromatic carbocycles. The first kappa shape index (κ1) is 22.1. The molecule has 0 bridgehead atoms. The molecule has 0 aromatic heterocycles. The van der Waals surface area contributed by atoms with Crippen LogP contribution in [0.15, 0.2) is 66.7 Å². The Morgan fingerprint density at radius 2 is 1.52 bits per heavy atom. The number of hydrogen-bond acceptors (Lipinski definition) is 5. The van der Waals surface area contributed by atoms with Gasteiger partial charge in [0.25, 0.3) is 0 Å². The van der Waals surface area contributed by atoms with Gasteiger partial charge in [0.15, 0.2) is 18.2 Å². The standard InChI is InChI=1S/C27H23NO5/c1-17(29)18-6-9-22(10-7-18)28-26(31)12-13-27(32)33-16-25(30)20-8-11-24-21(15-20)14-19-4-2-3-5-23(19)24/h2-11,15H,12-14,16H2,1H3,(H,28,31). The van der Waals surface area contributed by atoms with E-state index in [0.29, 0.717) is 16.8 Å². The van der Waals surface area contributed by atoms with Gasteiger partial charge in [-0.2, -0.15) is 0 Å². The van der Waals surface area contributed by atoms with Crippen molar-refractivity contribution in [1.29, 1.82) is 0 Å². The molecule has 0 saturated heterocycles. The summed E-state index contributed by atoms with van der Waals surface area (Å²) in [4.78, 5) is 47.8. The minimum Gasteiger partial charge on any atom is -0.457 e. The van der Waals surface area contributed by atoms with Crippen LogP contribution in [0.3, 0.4) is 0 Å². The minimum absolute atomic E-state index is 0.0600. The monoisotopic (exact) mass is 441 g/mol. The first-order valence-electron chi connectivity index (χ1n) is 10.7. The second-order valence-corrected chi connectivity index (χ2v) is 7.97. The first-order valence-corrected chi connectivity index (χ1v) is 10.7. The van der Waals surface area contributed by atoms with Crippen molar-refractivity contribution >= 4 is 29.1 Å². The molecular formula is C27H23NO5. The molecule has 6 heteroatoms. The lowest BCUT2D eigenvalue weighted by molar-refractivity contribution is -0.143. The van der Waals surface area contributed by atoms with Crippen LogP contribution in [-0.4, -0.2) is 30.0 Å². The van der Waals surface area contributed by atoms with E-state index in [1.165, 1.54) is 18.1 Å². The Balaban J connectivity index is 1.24. The number of benzene rings is 3. The number of nitrogens with one attached hydrogen (secondary N) is 1. The maximum Gasteiger partial charge on any atom is 0.306 e. The molecule has 1 aliphatic rings. The molecule has 0 unspecified atom stereocenters. The molecule has 0 fully saturated rings. The summed E-state index contributed by atoms with van der Waals surface area (Å²) in [5.74, 6) is -1.31. The van der Waals surface area contributed by atoms with Crippen molar-refractivity contribution in [2.24, 2.45) is 0 Å². The SMILES string of the molecule is CC(=O)c1ccc(NC(=O)CCC(=O)OCC(=O)c2ccc3c(c2)Cc2ccccc2-3)cc1. The van der Waals surface area contributed by atoms with Crippen molar-refractivity contribution in [1.82, 2.24) is 0 Å². The predicted octanol–water partition coefficient (Wildman–Crippen LogP) is 4.61. The zero-order valence-electron chi connectivity index (χ0n) is 18.2. The highest BCUT2D eigenvalue weighted by Crippen LogP contribution is 2.36. The molecule has 0 radical (unpaired) electrons. The lowest BCUT2D eigenvalue weighted by atomic mass is 10.0. The highest BCUT2D eigenvalue weighted by atomic mass is 16.5. The average molecular weight is 441 g/mol. The molecular weight excluding hydrogens is 418 g/mol. The fourth-order valence-corrected chi connectivity index (χ4v) is 3.85. The summed E-state index contributed by atoms with van der Waals surface area (Å²) in [5, 5.41) is 2.66. The third-order valence-corrected chi connectivity index (χ3v) is 5.61. The summed E-state index contributed by atoms with van der Waals surface area (Å²) in [6.07, 6.45) is 0.571. The predicted molar refractivity (Wildman–Crippen MR) is 124 cm³/mol. The van der Waals surface area contributed by atoms with Gasteiger partial charge < -0.3 is 10.1 Å². The van der Waals surface area contributed by atoms with Gasteiger partial charge in [0, 0.05) is 23.2 Å². The summed E-state index contributed by atoms with van der Waals surface area (Å²) >= 11 is 0. The molecule has 0 saturated carbocycles. The van der Waals surface area contributed by atoms with Crippen LogP contribution in [0.5, 0.6) is 0 Å². The lowest BCUT2D eigenvalue weighted by Gasteiger charge is -2.07. The molecule has 6 nitrogen and oxygen atoms in total. The van der Waals surface area contributed by atoms with Crippen molar-refractivity contribution in [2.45, 2.75) is 26.2 Å². The average Bonchev–Trinajstić information content (AvgIpc) is 3.19. The van der Waals surface area contributed by atoms with E-state index >= 15 is 0 Å². The minimum atomic E-state index is -0.612. The molecule has 0 spiro atoms. The summed E-state index contributed by atoms with van der Waals surface area (Å²) in [6, 6.07) is 20.2. The number of esters is 1. The number of carbonyl (C=O) groups is 4. The third kappa shape index (κ3) is 5.23. The molecule has 1 N–H and O–H groups in total. The summed E-state index contributed by atoms with van der Waals surface area (Å²) < 4.78 is 5.08. The fraction of sp³-hybridized carbons (Fsp3) is 0.185. The Morgan fingerprint density at radius 1 is 0.818 bits per heavy atom. The van der Waals surface area contributed by atoms with Gasteiger partial charge in [0.1, 0.15) is 0 Å². The number of anilines is 1. The second kappa shape index (κ2) is 9.61. The van der Waals surface area contributed by atoms with Gasteiger partial charge in [-0.1, -0.05) is 36.4 Å². The lowest BCUT2D eigenvalue weighted by Crippen LogP contribution is -2.17. The summed E-state index contributed by atoms with van der Waals surface area (Å²) in [6.45, 7) is 1.10. The molecule has 0 atom stereocenters. The quantitative estimate of drug-likeness (QED) is 0.319. The number of ketones is 2. The zero-order valence-corrected chi connectivity index (χ0v) is 18.2. The molecule has 0 heterocycles. The third-order valence-electron chi connectivity index (χ3n) is 5.61. The molecule has 0 aliphatic heterocycles. The topological polar surface area (TPSA) is 89.5 Å². The van der Waals surface area contributed by atoms with E-state index in [4.69, 9.17) is 4.74 Å². The highest BCUT2D eigenvalue weighted by molar-refractivity contribution is 5.99. The van der Waals surface area contributed by atoms with Gasteiger partial charge in [-0.05, 0) is 65.9 Å². The van der Waals surface area contributed by atoms with Crippen LogP contribution in [-0.2, 0) is 20.7 Å². The largest absolute Gasteiger partial charge is 0.457 e. The maximum atomic E-state index is 12.5. The number of Topliss-reactive ketones (excluding diaryl/α,β-unsaturated/α-hetero) is 2. The molecule has 1 aliphatic carbocycles. The Hall–Kier alpha value is -4.06. The summed E-state index contributed by atoms with van der Waals surface area (Å²) in [7, 11) is 0. The number of carbonyl (C=O) groups excluding carboxylic acids is 4. The summed E-state index contributed by atoms with van der Waals surface area (Å²) in [5.41, 5.74) is 6.22. The smallest absolute Gasteiger partial charge is 0.306 e. The van der Waals surface area contributed by atoms with Crippen LogP contribution >= 0.6 is 0 Å². The Bertz CT molecular complexity index is 1240. The number of fused-ring (bicyclic) bond motifs is 3. The van der Waals surface area contributed by atoms with Crippen molar-refractivity contribution in [2.75, 3.05) is 11.9 Å². The van der Waals surface area contributed by atoms with Gasteiger partial charge in [-0.3, -0.25) is 19.2 Å². The van der Waals surface area contributed by atoms with Crippen LogP contribution < -0.4 is 5.32 Å². The van der Waals surface area contributed by atoms with E-state index in [1.54, 1.807) is 30.3 Å².